The highest BCUT2D eigenvalue weighted by Gasteiger charge is 2.15. The van der Waals surface area contributed by atoms with E-state index in [4.69, 9.17) is 15.2 Å². The third kappa shape index (κ3) is 2.17. The van der Waals surface area contributed by atoms with Crippen LogP contribution in [0.25, 0.3) is 11.3 Å². The van der Waals surface area contributed by atoms with Gasteiger partial charge < -0.3 is 19.8 Å². The van der Waals surface area contributed by atoms with Gasteiger partial charge in [-0.05, 0) is 18.2 Å². The molecular weight excluding hydrogens is 242 g/mol. The first kappa shape index (κ1) is 12.0. The van der Waals surface area contributed by atoms with Crippen molar-refractivity contribution in [2.24, 2.45) is 12.8 Å². The van der Waals surface area contributed by atoms with Crippen molar-refractivity contribution >= 4 is 0 Å². The average molecular weight is 259 g/mol. The van der Waals surface area contributed by atoms with E-state index < -0.39 is 0 Å². The van der Waals surface area contributed by atoms with Crippen LogP contribution in [0.4, 0.5) is 0 Å². The molecule has 2 heterocycles. The van der Waals surface area contributed by atoms with E-state index in [9.17, 15) is 0 Å². The van der Waals surface area contributed by atoms with Crippen LogP contribution < -0.4 is 15.2 Å². The minimum Gasteiger partial charge on any atom is -0.490 e. The summed E-state index contributed by atoms with van der Waals surface area (Å²) in [4.78, 5) is 4.42. The van der Waals surface area contributed by atoms with Crippen molar-refractivity contribution in [1.82, 2.24) is 9.55 Å². The first-order chi connectivity index (χ1) is 9.29. The van der Waals surface area contributed by atoms with Gasteiger partial charge in [0, 0.05) is 25.6 Å². The van der Waals surface area contributed by atoms with Gasteiger partial charge in [-0.15, -0.1) is 0 Å². The Morgan fingerprint density at radius 1 is 1.26 bits per heavy atom. The minimum absolute atomic E-state index is 0.459. The molecule has 0 saturated carbocycles. The molecule has 2 N–H and O–H groups in total. The Morgan fingerprint density at radius 2 is 2.05 bits per heavy atom. The van der Waals surface area contributed by atoms with E-state index in [0.29, 0.717) is 19.8 Å². The number of hydrogen-bond acceptors (Lipinski definition) is 4. The number of aryl methyl sites for hydroxylation is 1. The first-order valence-electron chi connectivity index (χ1n) is 6.40. The Labute approximate surface area is 112 Å². The summed E-state index contributed by atoms with van der Waals surface area (Å²) in [6.45, 7) is 1.84. The molecule has 0 radical (unpaired) electrons. The van der Waals surface area contributed by atoms with Gasteiger partial charge in [-0.1, -0.05) is 0 Å². The summed E-state index contributed by atoms with van der Waals surface area (Å²) in [6, 6.07) is 5.90. The van der Waals surface area contributed by atoms with Gasteiger partial charge in [-0.2, -0.15) is 0 Å². The number of fused-ring (bicyclic) bond motifs is 1. The average Bonchev–Trinajstić information content (AvgIpc) is 2.66. The zero-order chi connectivity index (χ0) is 13.2. The Morgan fingerprint density at radius 3 is 2.84 bits per heavy atom. The summed E-state index contributed by atoms with van der Waals surface area (Å²) >= 11 is 0. The quantitative estimate of drug-likeness (QED) is 0.891. The highest BCUT2D eigenvalue weighted by atomic mass is 16.5. The molecule has 1 aliphatic rings. The molecule has 0 amide bonds. The second-order valence-corrected chi connectivity index (χ2v) is 4.57. The largest absolute Gasteiger partial charge is 0.490 e. The van der Waals surface area contributed by atoms with Crippen LogP contribution in [0.3, 0.4) is 0 Å². The van der Waals surface area contributed by atoms with Crippen molar-refractivity contribution in [1.29, 1.82) is 0 Å². The van der Waals surface area contributed by atoms with Crippen LogP contribution in [0.5, 0.6) is 11.5 Å². The predicted octanol–water partition coefficient (Wildman–Crippen LogP) is 1.71. The number of aromatic nitrogens is 2. The smallest absolute Gasteiger partial charge is 0.161 e. The Balaban J connectivity index is 2.03. The van der Waals surface area contributed by atoms with Crippen LogP contribution in [0.2, 0.25) is 0 Å². The Hall–Kier alpha value is -2.01. The fourth-order valence-electron chi connectivity index (χ4n) is 2.25. The second kappa shape index (κ2) is 4.93. The zero-order valence-corrected chi connectivity index (χ0v) is 10.9. The van der Waals surface area contributed by atoms with Crippen molar-refractivity contribution in [3.05, 3.63) is 30.2 Å². The monoisotopic (exact) mass is 259 g/mol. The highest BCUT2D eigenvalue weighted by molar-refractivity contribution is 5.66. The van der Waals surface area contributed by atoms with Crippen molar-refractivity contribution < 1.29 is 9.47 Å². The van der Waals surface area contributed by atoms with Crippen molar-refractivity contribution in [3.63, 3.8) is 0 Å². The molecule has 0 atom stereocenters. The third-order valence-corrected chi connectivity index (χ3v) is 3.27. The molecule has 0 fully saturated rings. The Bertz CT molecular complexity index is 592. The van der Waals surface area contributed by atoms with Crippen molar-refractivity contribution in [3.8, 4) is 22.8 Å². The van der Waals surface area contributed by atoms with E-state index in [2.05, 4.69) is 4.98 Å². The maximum Gasteiger partial charge on any atom is 0.161 e. The molecule has 100 valence electrons. The van der Waals surface area contributed by atoms with E-state index in [1.165, 1.54) is 0 Å². The molecule has 0 bridgehead atoms. The molecule has 0 spiro atoms. The molecule has 1 aromatic carbocycles. The van der Waals surface area contributed by atoms with Crippen LogP contribution in [0.15, 0.2) is 24.5 Å². The number of nitrogens with two attached hydrogens (primary N) is 1. The summed E-state index contributed by atoms with van der Waals surface area (Å²) in [5, 5.41) is 0. The molecule has 1 aliphatic heterocycles. The van der Waals surface area contributed by atoms with Gasteiger partial charge in [0.05, 0.1) is 30.9 Å². The third-order valence-electron chi connectivity index (χ3n) is 3.27. The minimum atomic E-state index is 0.459. The van der Waals surface area contributed by atoms with Gasteiger partial charge in [-0.3, -0.25) is 0 Å². The standard InChI is InChI=1S/C14H17N3O2/c1-17-9-16-14(11(17)8-15)10-3-4-12-13(7-10)19-6-2-5-18-12/h3-4,7,9H,2,5-6,8,15H2,1H3. The van der Waals surface area contributed by atoms with Crippen LogP contribution >= 0.6 is 0 Å². The predicted molar refractivity (Wildman–Crippen MR) is 72.1 cm³/mol. The Kier molecular flexibility index (Phi) is 3.13. The van der Waals surface area contributed by atoms with E-state index in [-0.39, 0.29) is 0 Å². The molecule has 1 aromatic heterocycles. The topological polar surface area (TPSA) is 62.3 Å². The summed E-state index contributed by atoms with van der Waals surface area (Å²) in [5.41, 5.74) is 8.70. The maximum absolute atomic E-state index is 5.78. The number of ether oxygens (including phenoxy) is 2. The molecule has 0 saturated heterocycles. The molecule has 0 unspecified atom stereocenters. The zero-order valence-electron chi connectivity index (χ0n) is 10.9. The summed E-state index contributed by atoms with van der Waals surface area (Å²) in [6.07, 6.45) is 2.68. The lowest BCUT2D eigenvalue weighted by Gasteiger charge is -2.09. The highest BCUT2D eigenvalue weighted by Crippen LogP contribution is 2.34. The molecule has 19 heavy (non-hydrogen) atoms. The number of imidazole rings is 1. The number of rotatable bonds is 2. The van der Waals surface area contributed by atoms with Crippen LogP contribution in [-0.2, 0) is 13.6 Å². The molecule has 2 aromatic rings. The number of benzene rings is 1. The van der Waals surface area contributed by atoms with Crippen LogP contribution in [0, 0.1) is 0 Å². The SMILES string of the molecule is Cn1cnc(-c2ccc3c(c2)OCCCO3)c1CN. The van der Waals surface area contributed by atoms with E-state index in [1.807, 2.05) is 29.8 Å². The molecular formula is C14H17N3O2. The van der Waals surface area contributed by atoms with Crippen molar-refractivity contribution in [2.45, 2.75) is 13.0 Å². The molecule has 5 heteroatoms. The second-order valence-electron chi connectivity index (χ2n) is 4.57. The van der Waals surface area contributed by atoms with E-state index in [0.717, 1.165) is 34.9 Å². The molecule has 3 rings (SSSR count). The van der Waals surface area contributed by atoms with Crippen LogP contribution in [0.1, 0.15) is 12.1 Å². The van der Waals surface area contributed by atoms with Gasteiger partial charge in [0.15, 0.2) is 11.5 Å². The van der Waals surface area contributed by atoms with E-state index >= 15 is 0 Å². The summed E-state index contributed by atoms with van der Waals surface area (Å²) < 4.78 is 13.3. The lowest BCUT2D eigenvalue weighted by atomic mass is 10.1. The van der Waals surface area contributed by atoms with Gasteiger partial charge in [-0.25, -0.2) is 4.98 Å². The van der Waals surface area contributed by atoms with Gasteiger partial charge in [0.1, 0.15) is 0 Å². The lowest BCUT2D eigenvalue weighted by Crippen LogP contribution is -2.04. The first-order valence-corrected chi connectivity index (χ1v) is 6.40. The summed E-state index contributed by atoms with van der Waals surface area (Å²) in [7, 11) is 1.95. The van der Waals surface area contributed by atoms with Gasteiger partial charge in [0.2, 0.25) is 0 Å². The lowest BCUT2D eigenvalue weighted by molar-refractivity contribution is 0.297. The number of nitrogens with zero attached hydrogens (tertiary/aromatic N) is 2. The molecule has 5 nitrogen and oxygen atoms in total. The van der Waals surface area contributed by atoms with Crippen LogP contribution in [-0.4, -0.2) is 22.8 Å². The summed E-state index contributed by atoms with van der Waals surface area (Å²) in [5.74, 6) is 1.58. The molecule has 0 aliphatic carbocycles. The fourth-order valence-corrected chi connectivity index (χ4v) is 2.25. The van der Waals surface area contributed by atoms with Gasteiger partial charge >= 0.3 is 0 Å². The maximum atomic E-state index is 5.78. The fraction of sp³-hybridized carbons (Fsp3) is 0.357. The van der Waals surface area contributed by atoms with Gasteiger partial charge in [0.25, 0.3) is 0 Å². The normalized spacial score (nSPS) is 14.2. The van der Waals surface area contributed by atoms with E-state index in [1.54, 1.807) is 6.33 Å². The number of hydrogen-bond donors (Lipinski definition) is 1. The van der Waals surface area contributed by atoms with Crippen molar-refractivity contribution in [2.75, 3.05) is 13.2 Å².